The maximum atomic E-state index is 8.89. The highest BCUT2D eigenvalue weighted by molar-refractivity contribution is 5.60. The normalized spacial score (nSPS) is 10.4. The largest absolute Gasteiger partial charge is 0.550 e. The average Bonchev–Trinajstić information content (AvgIpc) is 2.45. The van der Waals surface area contributed by atoms with Crippen LogP contribution in [0.5, 0.6) is 0 Å². The molecule has 112 valence electrons. The number of carboxylic acids is 1. The van der Waals surface area contributed by atoms with Gasteiger partial charge in [0.1, 0.15) is 6.54 Å². The molecule has 0 bridgehead atoms. The van der Waals surface area contributed by atoms with E-state index in [2.05, 4.69) is 51.6 Å². The molecule has 0 saturated carbocycles. The second kappa shape index (κ2) is 9.32. The number of carbonyl (C=O) groups excluding carboxylic acids is 1. The Hall–Kier alpha value is -1.61. The van der Waals surface area contributed by atoms with E-state index in [9.17, 15) is 0 Å². The number of benzene rings is 1. The van der Waals surface area contributed by atoms with Gasteiger partial charge in [0.2, 0.25) is 0 Å². The molecular weight excluding hydrogens is 250 g/mol. The van der Waals surface area contributed by atoms with Gasteiger partial charge in [-0.3, -0.25) is 0 Å². The first-order chi connectivity index (χ1) is 9.42. The van der Waals surface area contributed by atoms with Crippen molar-refractivity contribution in [2.24, 2.45) is 0 Å². The monoisotopic (exact) mass is 277 g/mol. The van der Waals surface area contributed by atoms with Crippen LogP contribution in [0.4, 0.5) is 0 Å². The van der Waals surface area contributed by atoms with Crippen LogP contribution in [0.2, 0.25) is 0 Å². The molecule has 3 heteroatoms. The van der Waals surface area contributed by atoms with Crippen LogP contribution in [0.3, 0.4) is 0 Å². The lowest BCUT2D eigenvalue weighted by molar-refractivity contribution is -0.936. The first-order valence-electron chi connectivity index (χ1n) is 7.17. The molecule has 0 N–H and O–H groups in total. The SMILES string of the molecule is C=Cc1ccc(C[N+](CC)(CC)CC)cc1.CC(=O)[O-]. The molecule has 0 aliphatic heterocycles. The van der Waals surface area contributed by atoms with Crippen molar-refractivity contribution in [2.75, 3.05) is 19.6 Å². The molecule has 0 aliphatic carbocycles. The van der Waals surface area contributed by atoms with Crippen LogP contribution in [-0.4, -0.2) is 30.1 Å². The molecule has 1 aromatic rings. The minimum Gasteiger partial charge on any atom is -0.550 e. The standard InChI is InChI=1S/C15H24N.C2H4O2/c1-5-14-9-11-15(12-10-14)13-16(6-2,7-3)8-4;1-2(3)4/h5,9-12H,1,6-8,13H2,2-4H3;1H3,(H,3,4)/q+1;/p-1. The Morgan fingerprint density at radius 3 is 1.85 bits per heavy atom. The molecule has 0 saturated heterocycles. The van der Waals surface area contributed by atoms with Crippen LogP contribution in [0.15, 0.2) is 30.8 Å². The summed E-state index contributed by atoms with van der Waals surface area (Å²) < 4.78 is 1.17. The quantitative estimate of drug-likeness (QED) is 0.749. The maximum absolute atomic E-state index is 8.89. The van der Waals surface area contributed by atoms with E-state index >= 15 is 0 Å². The number of rotatable bonds is 6. The maximum Gasteiger partial charge on any atom is 0.104 e. The molecule has 0 unspecified atom stereocenters. The van der Waals surface area contributed by atoms with Crippen molar-refractivity contribution in [1.29, 1.82) is 0 Å². The third-order valence-electron chi connectivity index (χ3n) is 3.75. The van der Waals surface area contributed by atoms with Crippen molar-refractivity contribution in [3.63, 3.8) is 0 Å². The summed E-state index contributed by atoms with van der Waals surface area (Å²) in [5, 5.41) is 8.89. The predicted molar refractivity (Wildman–Crippen MR) is 82.8 cm³/mol. The third kappa shape index (κ3) is 6.53. The van der Waals surface area contributed by atoms with Gasteiger partial charge in [0.25, 0.3) is 0 Å². The smallest absolute Gasteiger partial charge is 0.104 e. The molecule has 3 nitrogen and oxygen atoms in total. The molecule has 0 heterocycles. The summed E-state index contributed by atoms with van der Waals surface area (Å²) in [6, 6.07) is 8.76. The number of carbonyl (C=O) groups is 1. The zero-order valence-electron chi connectivity index (χ0n) is 13.2. The third-order valence-corrected chi connectivity index (χ3v) is 3.75. The topological polar surface area (TPSA) is 40.1 Å². The Balaban J connectivity index is 0.000000796. The lowest BCUT2D eigenvalue weighted by Crippen LogP contribution is -2.46. The minimum atomic E-state index is -1.08. The van der Waals surface area contributed by atoms with Gasteiger partial charge in [0, 0.05) is 11.5 Å². The van der Waals surface area contributed by atoms with Crippen molar-refractivity contribution >= 4 is 12.0 Å². The van der Waals surface area contributed by atoms with Crippen LogP contribution >= 0.6 is 0 Å². The van der Waals surface area contributed by atoms with E-state index in [0.29, 0.717) is 0 Å². The van der Waals surface area contributed by atoms with Gasteiger partial charge in [-0.15, -0.1) is 0 Å². The summed E-state index contributed by atoms with van der Waals surface area (Å²) in [4.78, 5) is 8.89. The lowest BCUT2D eigenvalue weighted by Gasteiger charge is -2.35. The zero-order chi connectivity index (χ0) is 15.6. The fourth-order valence-electron chi connectivity index (χ4n) is 2.15. The van der Waals surface area contributed by atoms with Gasteiger partial charge in [-0.05, 0) is 33.3 Å². The highest BCUT2D eigenvalue weighted by atomic mass is 16.4. The number of hydrogen-bond donors (Lipinski definition) is 0. The van der Waals surface area contributed by atoms with E-state index in [0.717, 1.165) is 13.5 Å². The number of aliphatic carboxylic acids is 1. The van der Waals surface area contributed by atoms with Gasteiger partial charge in [-0.1, -0.05) is 36.9 Å². The van der Waals surface area contributed by atoms with Crippen molar-refractivity contribution in [1.82, 2.24) is 0 Å². The molecule has 1 rings (SSSR count). The van der Waals surface area contributed by atoms with Crippen LogP contribution in [0, 0.1) is 0 Å². The molecule has 0 aliphatic rings. The fourth-order valence-corrected chi connectivity index (χ4v) is 2.15. The lowest BCUT2D eigenvalue weighted by atomic mass is 10.1. The molecule has 0 fully saturated rings. The first kappa shape index (κ1) is 18.4. The second-order valence-electron chi connectivity index (χ2n) is 4.89. The molecule has 1 aromatic carbocycles. The number of quaternary nitrogens is 1. The number of hydrogen-bond acceptors (Lipinski definition) is 2. The molecule has 20 heavy (non-hydrogen) atoms. The van der Waals surface area contributed by atoms with Gasteiger partial charge in [-0.25, -0.2) is 0 Å². The Morgan fingerprint density at radius 2 is 1.55 bits per heavy atom. The van der Waals surface area contributed by atoms with Crippen LogP contribution < -0.4 is 5.11 Å². The predicted octanol–water partition coefficient (Wildman–Crippen LogP) is 2.46. The summed E-state index contributed by atoms with van der Waals surface area (Å²) in [6.07, 6.45) is 1.89. The van der Waals surface area contributed by atoms with Crippen LogP contribution in [0.1, 0.15) is 38.8 Å². The summed E-state index contributed by atoms with van der Waals surface area (Å²) >= 11 is 0. The van der Waals surface area contributed by atoms with Gasteiger partial charge in [0.15, 0.2) is 0 Å². The Labute approximate surface area is 123 Å². The van der Waals surface area contributed by atoms with E-state index in [-0.39, 0.29) is 0 Å². The van der Waals surface area contributed by atoms with Crippen molar-refractivity contribution in [3.8, 4) is 0 Å². The van der Waals surface area contributed by atoms with Gasteiger partial charge >= 0.3 is 0 Å². The molecule has 0 spiro atoms. The highest BCUT2D eigenvalue weighted by Gasteiger charge is 2.20. The van der Waals surface area contributed by atoms with Crippen LogP contribution in [-0.2, 0) is 11.3 Å². The van der Waals surface area contributed by atoms with Gasteiger partial charge < -0.3 is 14.4 Å². The Morgan fingerprint density at radius 1 is 1.15 bits per heavy atom. The van der Waals surface area contributed by atoms with Crippen molar-refractivity contribution in [3.05, 3.63) is 42.0 Å². The summed E-state index contributed by atoms with van der Waals surface area (Å²) in [5.74, 6) is -1.08. The van der Waals surface area contributed by atoms with Gasteiger partial charge in [-0.2, -0.15) is 0 Å². The van der Waals surface area contributed by atoms with E-state index in [4.69, 9.17) is 9.90 Å². The van der Waals surface area contributed by atoms with E-state index < -0.39 is 5.97 Å². The minimum absolute atomic E-state index is 0.972. The number of nitrogens with zero attached hydrogens (tertiary/aromatic N) is 1. The van der Waals surface area contributed by atoms with Crippen LogP contribution in [0.25, 0.3) is 6.08 Å². The van der Waals surface area contributed by atoms with E-state index in [1.54, 1.807) is 0 Å². The van der Waals surface area contributed by atoms with Gasteiger partial charge in [0.05, 0.1) is 19.6 Å². The molecule has 0 aromatic heterocycles. The number of carboxylic acid groups (broad SMARTS) is 1. The highest BCUT2D eigenvalue weighted by Crippen LogP contribution is 2.15. The van der Waals surface area contributed by atoms with Crippen molar-refractivity contribution in [2.45, 2.75) is 34.2 Å². The van der Waals surface area contributed by atoms with E-state index in [1.807, 2.05) is 6.08 Å². The fraction of sp³-hybridized carbons (Fsp3) is 0.471. The Bertz CT molecular complexity index is 393. The second-order valence-corrected chi connectivity index (χ2v) is 4.89. The van der Waals surface area contributed by atoms with Crippen molar-refractivity contribution < 1.29 is 14.4 Å². The molecular formula is C17H27NO2. The average molecular weight is 277 g/mol. The molecule has 0 amide bonds. The van der Waals surface area contributed by atoms with E-state index in [1.165, 1.54) is 35.2 Å². The summed E-state index contributed by atoms with van der Waals surface area (Å²) in [6.45, 7) is 16.4. The molecule has 0 atom stereocenters. The molecule has 0 radical (unpaired) electrons. The Kier molecular flexibility index (Phi) is 8.57. The summed E-state index contributed by atoms with van der Waals surface area (Å²) in [7, 11) is 0. The first-order valence-corrected chi connectivity index (χ1v) is 7.17. The zero-order valence-corrected chi connectivity index (χ0v) is 13.2. The summed E-state index contributed by atoms with van der Waals surface area (Å²) in [5.41, 5.74) is 2.63.